The maximum absolute atomic E-state index is 12.1. The first-order valence-electron chi connectivity index (χ1n) is 6.39. The fourth-order valence-corrected chi connectivity index (χ4v) is 3.60. The van der Waals surface area contributed by atoms with Crippen LogP contribution in [0.4, 0.5) is 0 Å². The van der Waals surface area contributed by atoms with Gasteiger partial charge in [-0.15, -0.1) is 0 Å². The Labute approximate surface area is 105 Å². The van der Waals surface area contributed by atoms with Gasteiger partial charge in [0, 0.05) is 19.1 Å². The van der Waals surface area contributed by atoms with E-state index < -0.39 is 10.0 Å². The molecule has 5 nitrogen and oxygen atoms in total. The largest absolute Gasteiger partial charge is 0.378 e. The summed E-state index contributed by atoms with van der Waals surface area (Å²) in [6, 6.07) is 0.0138. The average Bonchev–Trinajstić information content (AvgIpc) is 2.34. The highest BCUT2D eigenvalue weighted by atomic mass is 32.2. The second-order valence-corrected chi connectivity index (χ2v) is 6.35. The monoisotopic (exact) mass is 264 g/mol. The maximum Gasteiger partial charge on any atom is 0.215 e. The average molecular weight is 264 g/mol. The lowest BCUT2D eigenvalue weighted by molar-refractivity contribution is 0.0314. The summed E-state index contributed by atoms with van der Waals surface area (Å²) >= 11 is 0. The molecule has 1 N–H and O–H groups in total. The first kappa shape index (κ1) is 14.9. The van der Waals surface area contributed by atoms with Crippen molar-refractivity contribution in [1.29, 1.82) is 0 Å². The van der Waals surface area contributed by atoms with Crippen molar-refractivity contribution in [1.82, 2.24) is 9.62 Å². The number of nitrogens with zero attached hydrogens (tertiary/aromatic N) is 1. The number of nitrogens with one attached hydrogen (secondary N) is 1. The zero-order valence-corrected chi connectivity index (χ0v) is 11.6. The normalized spacial score (nSPS) is 22.8. The minimum atomic E-state index is -3.13. The van der Waals surface area contributed by atoms with Crippen LogP contribution in [-0.2, 0) is 14.8 Å². The van der Waals surface area contributed by atoms with E-state index in [-0.39, 0.29) is 11.8 Å². The molecule has 0 saturated carbocycles. The first-order chi connectivity index (χ1) is 8.11. The molecule has 6 heteroatoms. The highest BCUT2D eigenvalue weighted by Crippen LogP contribution is 2.15. The molecule has 0 aromatic heterocycles. The van der Waals surface area contributed by atoms with Crippen LogP contribution in [0.15, 0.2) is 0 Å². The summed E-state index contributed by atoms with van der Waals surface area (Å²) < 4.78 is 31.2. The fraction of sp³-hybridized carbons (Fsp3) is 1.00. The topological polar surface area (TPSA) is 58.6 Å². The van der Waals surface area contributed by atoms with Crippen LogP contribution in [0.25, 0.3) is 0 Å². The smallest absolute Gasteiger partial charge is 0.215 e. The van der Waals surface area contributed by atoms with E-state index in [9.17, 15) is 8.42 Å². The van der Waals surface area contributed by atoms with E-state index >= 15 is 0 Å². The summed E-state index contributed by atoms with van der Waals surface area (Å²) in [6.07, 6.45) is 1.83. The van der Waals surface area contributed by atoms with E-state index in [1.54, 1.807) is 4.31 Å². The van der Waals surface area contributed by atoms with E-state index in [2.05, 4.69) is 12.2 Å². The van der Waals surface area contributed by atoms with E-state index in [4.69, 9.17) is 4.74 Å². The Bertz CT molecular complexity index is 306. The van der Waals surface area contributed by atoms with Gasteiger partial charge in [0.05, 0.1) is 19.0 Å². The van der Waals surface area contributed by atoms with Gasteiger partial charge in [-0.05, 0) is 19.4 Å². The van der Waals surface area contributed by atoms with Gasteiger partial charge < -0.3 is 10.1 Å². The molecule has 102 valence electrons. The van der Waals surface area contributed by atoms with E-state index in [1.807, 2.05) is 6.92 Å². The van der Waals surface area contributed by atoms with Gasteiger partial charge in [0.1, 0.15) is 0 Å². The molecule has 0 aromatic rings. The minimum Gasteiger partial charge on any atom is -0.378 e. The van der Waals surface area contributed by atoms with E-state index in [1.165, 1.54) is 0 Å². The number of hydrogen-bond donors (Lipinski definition) is 1. The first-order valence-corrected chi connectivity index (χ1v) is 8.00. The van der Waals surface area contributed by atoms with Crippen LogP contribution >= 0.6 is 0 Å². The summed E-state index contributed by atoms with van der Waals surface area (Å²) in [5, 5.41) is 3.13. The predicted molar refractivity (Wildman–Crippen MR) is 68.6 cm³/mol. The molecule has 1 rings (SSSR count). The maximum atomic E-state index is 12.1. The Balaban J connectivity index is 2.49. The Kier molecular flexibility index (Phi) is 6.40. The van der Waals surface area contributed by atoms with Gasteiger partial charge in [0.15, 0.2) is 0 Å². The van der Waals surface area contributed by atoms with Crippen molar-refractivity contribution >= 4 is 10.0 Å². The molecule has 1 unspecified atom stereocenters. The number of morpholine rings is 1. The van der Waals surface area contributed by atoms with Crippen molar-refractivity contribution in [2.45, 2.75) is 32.7 Å². The summed E-state index contributed by atoms with van der Waals surface area (Å²) in [5.74, 6) is 0.184. The van der Waals surface area contributed by atoms with E-state index in [0.29, 0.717) is 26.3 Å². The Hall–Kier alpha value is -0.170. The van der Waals surface area contributed by atoms with Gasteiger partial charge in [0.2, 0.25) is 10.0 Å². The number of hydrogen-bond acceptors (Lipinski definition) is 4. The minimum absolute atomic E-state index is 0.0138. The highest BCUT2D eigenvalue weighted by molar-refractivity contribution is 7.89. The Morgan fingerprint density at radius 1 is 1.35 bits per heavy atom. The zero-order chi connectivity index (χ0) is 12.7. The van der Waals surface area contributed by atoms with Gasteiger partial charge in [0.25, 0.3) is 0 Å². The molecule has 0 amide bonds. The van der Waals surface area contributed by atoms with Crippen molar-refractivity contribution < 1.29 is 13.2 Å². The molecule has 1 saturated heterocycles. The zero-order valence-electron chi connectivity index (χ0n) is 10.8. The molecule has 0 aromatic carbocycles. The quantitative estimate of drug-likeness (QED) is 0.677. The molecular weight excluding hydrogens is 240 g/mol. The molecular formula is C11H24N2O3S. The van der Waals surface area contributed by atoms with Crippen molar-refractivity contribution in [2.24, 2.45) is 0 Å². The molecule has 17 heavy (non-hydrogen) atoms. The lowest BCUT2D eigenvalue weighted by atomic mass is 10.2. The van der Waals surface area contributed by atoms with Gasteiger partial charge in [-0.3, -0.25) is 0 Å². The third-order valence-corrected chi connectivity index (χ3v) is 4.88. The van der Waals surface area contributed by atoms with Gasteiger partial charge in [-0.2, -0.15) is 4.31 Å². The van der Waals surface area contributed by atoms with Gasteiger partial charge >= 0.3 is 0 Å². The second-order valence-electron chi connectivity index (χ2n) is 4.31. The van der Waals surface area contributed by atoms with Crippen LogP contribution < -0.4 is 5.32 Å². The van der Waals surface area contributed by atoms with Crippen molar-refractivity contribution in [3.63, 3.8) is 0 Å². The number of ether oxygens (including phenoxy) is 1. The summed E-state index contributed by atoms with van der Waals surface area (Å²) in [5.41, 5.74) is 0. The van der Waals surface area contributed by atoms with Crippen LogP contribution in [0.3, 0.4) is 0 Å². The molecule has 1 heterocycles. The summed E-state index contributed by atoms with van der Waals surface area (Å²) in [6.45, 7) is 7.00. The van der Waals surface area contributed by atoms with Crippen LogP contribution in [0.2, 0.25) is 0 Å². The molecule has 0 bridgehead atoms. The molecule has 1 aliphatic rings. The second kappa shape index (κ2) is 7.31. The lowest BCUT2D eigenvalue weighted by Crippen LogP contribution is -2.49. The van der Waals surface area contributed by atoms with Crippen LogP contribution in [-0.4, -0.2) is 57.4 Å². The Morgan fingerprint density at radius 2 is 2.12 bits per heavy atom. The van der Waals surface area contributed by atoms with Crippen molar-refractivity contribution in [3.8, 4) is 0 Å². The predicted octanol–water partition coefficient (Wildman–Crippen LogP) is 0.427. The standard InChI is InChI=1S/C11H24N2O3S/c1-3-5-12-6-9-17(14,15)13-7-8-16-10-11(13)4-2/h11-12H,3-10H2,1-2H3. The van der Waals surface area contributed by atoms with Crippen LogP contribution in [0, 0.1) is 0 Å². The van der Waals surface area contributed by atoms with Crippen molar-refractivity contribution in [2.75, 3.05) is 38.6 Å². The number of sulfonamides is 1. The molecule has 0 spiro atoms. The summed E-state index contributed by atoms with van der Waals surface area (Å²) in [7, 11) is -3.13. The molecule has 1 aliphatic heterocycles. The SMILES string of the molecule is CCCNCCS(=O)(=O)N1CCOCC1CC. The van der Waals surface area contributed by atoms with Crippen LogP contribution in [0.1, 0.15) is 26.7 Å². The van der Waals surface area contributed by atoms with Crippen LogP contribution in [0.5, 0.6) is 0 Å². The third kappa shape index (κ3) is 4.54. The molecule has 0 aliphatic carbocycles. The van der Waals surface area contributed by atoms with Gasteiger partial charge in [-0.25, -0.2) is 8.42 Å². The van der Waals surface area contributed by atoms with Crippen molar-refractivity contribution in [3.05, 3.63) is 0 Å². The lowest BCUT2D eigenvalue weighted by Gasteiger charge is -2.34. The summed E-state index contributed by atoms with van der Waals surface area (Å²) in [4.78, 5) is 0. The molecule has 1 atom stereocenters. The number of rotatable bonds is 7. The highest BCUT2D eigenvalue weighted by Gasteiger charge is 2.31. The molecule has 1 fully saturated rings. The third-order valence-electron chi connectivity index (χ3n) is 2.97. The Morgan fingerprint density at radius 3 is 2.76 bits per heavy atom. The van der Waals surface area contributed by atoms with Gasteiger partial charge in [-0.1, -0.05) is 13.8 Å². The molecule has 0 radical (unpaired) electrons. The van der Waals surface area contributed by atoms with E-state index in [0.717, 1.165) is 19.4 Å². The fourth-order valence-electron chi connectivity index (χ4n) is 1.95.